The van der Waals surface area contributed by atoms with Crippen LogP contribution in [0.2, 0.25) is 5.02 Å². The largest absolute Gasteiger partial charge is 0.484 e. The summed E-state index contributed by atoms with van der Waals surface area (Å²) >= 11 is 5.91. The molecular formula is C13H15ClN4O2. The van der Waals surface area contributed by atoms with Gasteiger partial charge >= 0.3 is 0 Å². The van der Waals surface area contributed by atoms with Crippen molar-refractivity contribution in [1.29, 1.82) is 0 Å². The second-order valence-electron chi connectivity index (χ2n) is 4.33. The normalized spacial score (nSPS) is 10.3. The van der Waals surface area contributed by atoms with Crippen LogP contribution in [0.1, 0.15) is 11.4 Å². The summed E-state index contributed by atoms with van der Waals surface area (Å²) in [6, 6.07) is 5.26. The highest BCUT2D eigenvalue weighted by atomic mass is 35.5. The van der Waals surface area contributed by atoms with E-state index >= 15 is 0 Å². The zero-order valence-corrected chi connectivity index (χ0v) is 12.0. The van der Waals surface area contributed by atoms with Gasteiger partial charge in [-0.3, -0.25) is 4.79 Å². The van der Waals surface area contributed by atoms with Crippen LogP contribution in [0.25, 0.3) is 0 Å². The van der Waals surface area contributed by atoms with Gasteiger partial charge in [-0.2, -0.15) is 0 Å². The van der Waals surface area contributed by atoms with E-state index in [0.717, 1.165) is 5.56 Å². The first-order chi connectivity index (χ1) is 9.56. The molecule has 106 valence electrons. The molecule has 0 aliphatic rings. The summed E-state index contributed by atoms with van der Waals surface area (Å²) in [5.74, 6) is 1.07. The SMILES string of the molecule is Cc1cc(OCC(=O)NCc2nncn2C)ccc1Cl. The van der Waals surface area contributed by atoms with Crippen LogP contribution in [0.15, 0.2) is 24.5 Å². The number of carbonyl (C=O) groups is 1. The summed E-state index contributed by atoms with van der Waals surface area (Å²) in [4.78, 5) is 11.7. The van der Waals surface area contributed by atoms with Crippen molar-refractivity contribution in [2.75, 3.05) is 6.61 Å². The Balaban J connectivity index is 1.80. The molecule has 1 N–H and O–H groups in total. The van der Waals surface area contributed by atoms with Crippen molar-refractivity contribution in [2.24, 2.45) is 7.05 Å². The van der Waals surface area contributed by atoms with Crippen LogP contribution in [0.4, 0.5) is 0 Å². The quantitative estimate of drug-likeness (QED) is 0.907. The van der Waals surface area contributed by atoms with Crippen molar-refractivity contribution in [3.05, 3.63) is 40.9 Å². The molecule has 1 aromatic carbocycles. The maximum Gasteiger partial charge on any atom is 0.258 e. The molecule has 0 unspecified atom stereocenters. The molecule has 1 heterocycles. The fraction of sp³-hybridized carbons (Fsp3) is 0.308. The number of amides is 1. The predicted molar refractivity (Wildman–Crippen MR) is 74.5 cm³/mol. The first-order valence-electron chi connectivity index (χ1n) is 6.05. The molecule has 20 heavy (non-hydrogen) atoms. The van der Waals surface area contributed by atoms with Crippen LogP contribution in [0, 0.1) is 6.92 Å². The first-order valence-corrected chi connectivity index (χ1v) is 6.42. The molecule has 0 atom stereocenters. The molecule has 7 heteroatoms. The first kappa shape index (κ1) is 14.3. The van der Waals surface area contributed by atoms with Crippen molar-refractivity contribution in [3.63, 3.8) is 0 Å². The molecule has 0 saturated carbocycles. The van der Waals surface area contributed by atoms with E-state index in [1.807, 2.05) is 14.0 Å². The Bertz CT molecular complexity index is 612. The smallest absolute Gasteiger partial charge is 0.258 e. The van der Waals surface area contributed by atoms with Gasteiger partial charge in [0, 0.05) is 12.1 Å². The average molecular weight is 295 g/mol. The second kappa shape index (κ2) is 6.38. The van der Waals surface area contributed by atoms with E-state index in [1.54, 1.807) is 29.1 Å². The Hall–Kier alpha value is -2.08. The lowest BCUT2D eigenvalue weighted by atomic mass is 10.2. The third-order valence-corrected chi connectivity index (χ3v) is 3.17. The summed E-state index contributed by atoms with van der Waals surface area (Å²) in [6.45, 7) is 2.14. The predicted octanol–water partition coefficient (Wildman–Crippen LogP) is 1.47. The number of aromatic nitrogens is 3. The van der Waals surface area contributed by atoms with Crippen LogP contribution >= 0.6 is 11.6 Å². The number of carbonyl (C=O) groups excluding carboxylic acids is 1. The number of hydrogen-bond donors (Lipinski definition) is 1. The van der Waals surface area contributed by atoms with Gasteiger partial charge < -0.3 is 14.6 Å². The van der Waals surface area contributed by atoms with Gasteiger partial charge in [0.05, 0.1) is 6.54 Å². The van der Waals surface area contributed by atoms with Crippen molar-refractivity contribution < 1.29 is 9.53 Å². The minimum atomic E-state index is -0.222. The Kier molecular flexibility index (Phi) is 4.57. The van der Waals surface area contributed by atoms with E-state index in [0.29, 0.717) is 23.1 Å². The van der Waals surface area contributed by atoms with Gasteiger partial charge in [-0.05, 0) is 30.7 Å². The highest BCUT2D eigenvalue weighted by Crippen LogP contribution is 2.20. The Morgan fingerprint density at radius 2 is 2.30 bits per heavy atom. The number of hydrogen-bond acceptors (Lipinski definition) is 4. The van der Waals surface area contributed by atoms with Gasteiger partial charge in [-0.15, -0.1) is 10.2 Å². The van der Waals surface area contributed by atoms with Gasteiger partial charge in [0.2, 0.25) is 0 Å². The van der Waals surface area contributed by atoms with Gasteiger partial charge in [0.15, 0.2) is 12.4 Å². The molecule has 0 bridgehead atoms. The number of aryl methyl sites for hydroxylation is 2. The molecule has 0 aliphatic heterocycles. The van der Waals surface area contributed by atoms with Crippen LogP contribution in [-0.4, -0.2) is 27.3 Å². The van der Waals surface area contributed by atoms with Gasteiger partial charge in [-0.1, -0.05) is 11.6 Å². The lowest BCUT2D eigenvalue weighted by Gasteiger charge is -2.08. The van der Waals surface area contributed by atoms with Gasteiger partial charge in [0.25, 0.3) is 5.91 Å². The number of benzene rings is 1. The highest BCUT2D eigenvalue weighted by Gasteiger charge is 2.06. The topological polar surface area (TPSA) is 69.0 Å². The van der Waals surface area contributed by atoms with Gasteiger partial charge in [-0.25, -0.2) is 0 Å². The highest BCUT2D eigenvalue weighted by molar-refractivity contribution is 6.31. The molecule has 1 amide bonds. The van der Waals surface area contributed by atoms with Crippen LogP contribution in [-0.2, 0) is 18.4 Å². The number of nitrogens with zero attached hydrogens (tertiary/aromatic N) is 3. The summed E-state index contributed by atoms with van der Waals surface area (Å²) in [5, 5.41) is 11.0. The fourth-order valence-electron chi connectivity index (χ4n) is 1.55. The number of ether oxygens (including phenoxy) is 1. The van der Waals surface area contributed by atoms with Crippen molar-refractivity contribution in [2.45, 2.75) is 13.5 Å². The minimum absolute atomic E-state index is 0.0566. The molecule has 0 radical (unpaired) electrons. The third kappa shape index (κ3) is 3.71. The van der Waals surface area contributed by atoms with Crippen LogP contribution < -0.4 is 10.1 Å². The Morgan fingerprint density at radius 3 is 2.95 bits per heavy atom. The maximum atomic E-state index is 11.7. The molecule has 2 rings (SSSR count). The van der Waals surface area contributed by atoms with Gasteiger partial charge in [0.1, 0.15) is 12.1 Å². The van der Waals surface area contributed by atoms with E-state index in [-0.39, 0.29) is 12.5 Å². The van der Waals surface area contributed by atoms with E-state index in [4.69, 9.17) is 16.3 Å². The monoisotopic (exact) mass is 294 g/mol. The van der Waals surface area contributed by atoms with Crippen molar-refractivity contribution in [1.82, 2.24) is 20.1 Å². The molecule has 6 nitrogen and oxygen atoms in total. The lowest BCUT2D eigenvalue weighted by molar-refractivity contribution is -0.123. The van der Waals surface area contributed by atoms with E-state index in [1.165, 1.54) is 0 Å². The second-order valence-corrected chi connectivity index (χ2v) is 4.74. The van der Waals surface area contributed by atoms with E-state index < -0.39 is 0 Å². The number of rotatable bonds is 5. The van der Waals surface area contributed by atoms with Crippen molar-refractivity contribution in [3.8, 4) is 5.75 Å². The van der Waals surface area contributed by atoms with Crippen LogP contribution in [0.5, 0.6) is 5.75 Å². The Labute approximate surface area is 121 Å². The maximum absolute atomic E-state index is 11.7. The number of nitrogens with one attached hydrogen (secondary N) is 1. The molecule has 0 saturated heterocycles. The summed E-state index contributed by atoms with van der Waals surface area (Å²) < 4.78 is 7.13. The molecular weight excluding hydrogens is 280 g/mol. The Morgan fingerprint density at radius 1 is 1.50 bits per heavy atom. The zero-order valence-electron chi connectivity index (χ0n) is 11.3. The molecule has 1 aromatic heterocycles. The summed E-state index contributed by atoms with van der Waals surface area (Å²) in [7, 11) is 1.81. The van der Waals surface area contributed by atoms with Crippen molar-refractivity contribution >= 4 is 17.5 Å². The summed E-state index contributed by atoms with van der Waals surface area (Å²) in [6.07, 6.45) is 1.58. The standard InChI is InChI=1S/C13H15ClN4O2/c1-9-5-10(3-4-11(9)14)20-7-13(19)15-6-12-17-16-8-18(12)2/h3-5,8H,6-7H2,1-2H3,(H,15,19). The van der Waals surface area contributed by atoms with E-state index in [9.17, 15) is 4.79 Å². The molecule has 0 spiro atoms. The summed E-state index contributed by atoms with van der Waals surface area (Å²) in [5.41, 5.74) is 0.906. The third-order valence-electron chi connectivity index (χ3n) is 2.75. The molecule has 0 aliphatic carbocycles. The molecule has 2 aromatic rings. The average Bonchev–Trinajstić information content (AvgIpc) is 2.83. The number of halogens is 1. The van der Waals surface area contributed by atoms with E-state index in [2.05, 4.69) is 15.5 Å². The zero-order chi connectivity index (χ0) is 14.5. The fourth-order valence-corrected chi connectivity index (χ4v) is 1.67. The lowest BCUT2D eigenvalue weighted by Crippen LogP contribution is -2.29. The minimum Gasteiger partial charge on any atom is -0.484 e. The molecule has 0 fully saturated rings. The van der Waals surface area contributed by atoms with Crippen LogP contribution in [0.3, 0.4) is 0 Å².